The second-order valence-electron chi connectivity index (χ2n) is 4.84. The predicted octanol–water partition coefficient (Wildman–Crippen LogP) is 2.79. The molecule has 0 bridgehead atoms. The fourth-order valence-corrected chi connectivity index (χ4v) is 2.34. The Labute approximate surface area is 107 Å². The molecule has 1 fully saturated rings. The molecule has 3 nitrogen and oxygen atoms in total. The molecule has 0 unspecified atom stereocenters. The fourth-order valence-electron chi connectivity index (χ4n) is 2.34. The van der Waals surface area contributed by atoms with Crippen LogP contribution in [0.1, 0.15) is 30.0 Å². The van der Waals surface area contributed by atoms with E-state index in [1.54, 1.807) is 23.8 Å². The van der Waals surface area contributed by atoms with E-state index in [-0.39, 0.29) is 27.9 Å². The number of benzene rings is 1. The highest BCUT2D eigenvalue weighted by atomic mass is 19.2. The van der Waals surface area contributed by atoms with Crippen molar-refractivity contribution < 1.29 is 8.78 Å². The van der Waals surface area contributed by atoms with Gasteiger partial charge in [-0.05, 0) is 25.8 Å². The first kappa shape index (κ1) is 11.8. The summed E-state index contributed by atoms with van der Waals surface area (Å²) in [6, 6.07) is 2.73. The normalized spacial score (nSPS) is 14.6. The third-order valence-corrected chi connectivity index (χ3v) is 3.44. The number of nitriles is 1. The lowest BCUT2D eigenvalue weighted by atomic mass is 10.1. The van der Waals surface area contributed by atoms with E-state index >= 15 is 0 Å². The first-order chi connectivity index (χ1) is 9.04. The number of nitrogens with zero attached hydrogens (tertiary/aromatic N) is 2. The predicted molar refractivity (Wildman–Crippen MR) is 65.8 cm³/mol. The van der Waals surface area contributed by atoms with Gasteiger partial charge < -0.3 is 4.57 Å². The minimum atomic E-state index is -1.19. The molecule has 1 aromatic carbocycles. The van der Waals surface area contributed by atoms with Crippen LogP contribution in [0.3, 0.4) is 0 Å². The van der Waals surface area contributed by atoms with Crippen LogP contribution < -0.4 is 5.43 Å². The van der Waals surface area contributed by atoms with Crippen molar-refractivity contribution in [2.75, 3.05) is 0 Å². The molecule has 3 rings (SSSR count). The first-order valence-corrected chi connectivity index (χ1v) is 5.98. The summed E-state index contributed by atoms with van der Waals surface area (Å²) in [7, 11) is 0. The zero-order valence-corrected chi connectivity index (χ0v) is 10.2. The number of aromatic nitrogens is 1. The SMILES string of the molecule is Cc1cn(C2CC2)c2c(C#N)c(F)c(F)cc2c1=O. The van der Waals surface area contributed by atoms with Gasteiger partial charge in [0.2, 0.25) is 0 Å². The van der Waals surface area contributed by atoms with Gasteiger partial charge in [0.25, 0.3) is 0 Å². The summed E-state index contributed by atoms with van der Waals surface area (Å²) in [5.41, 5.74) is -0.0740. The second-order valence-corrected chi connectivity index (χ2v) is 4.84. The highest BCUT2D eigenvalue weighted by molar-refractivity contribution is 5.85. The van der Waals surface area contributed by atoms with Gasteiger partial charge >= 0.3 is 0 Å². The Hall–Kier alpha value is -2.22. The molecule has 0 spiro atoms. The maximum absolute atomic E-state index is 13.7. The van der Waals surface area contributed by atoms with E-state index in [2.05, 4.69) is 0 Å². The van der Waals surface area contributed by atoms with Crippen molar-refractivity contribution in [1.29, 1.82) is 5.26 Å². The molecular weight excluding hydrogens is 250 g/mol. The largest absolute Gasteiger partial charge is 0.343 e. The third kappa shape index (κ3) is 1.64. The summed E-state index contributed by atoms with van der Waals surface area (Å²) < 4.78 is 28.9. The molecule has 96 valence electrons. The van der Waals surface area contributed by atoms with Crippen molar-refractivity contribution in [2.24, 2.45) is 0 Å². The standard InChI is InChI=1S/C14H10F2N2O/c1-7-6-18(8-2-3-8)13-9(14(7)19)4-11(15)12(16)10(13)5-17/h4,6,8H,2-3H2,1H3. The quantitative estimate of drug-likeness (QED) is 0.791. The molecule has 5 heteroatoms. The van der Waals surface area contributed by atoms with E-state index < -0.39 is 11.6 Å². The summed E-state index contributed by atoms with van der Waals surface area (Å²) >= 11 is 0. The molecule has 0 aliphatic heterocycles. The minimum Gasteiger partial charge on any atom is -0.343 e. The fraction of sp³-hybridized carbons (Fsp3) is 0.286. The van der Waals surface area contributed by atoms with Crippen LogP contribution in [0.2, 0.25) is 0 Å². The van der Waals surface area contributed by atoms with E-state index in [0.717, 1.165) is 18.9 Å². The second kappa shape index (κ2) is 3.89. The van der Waals surface area contributed by atoms with Crippen LogP contribution in [0.4, 0.5) is 8.78 Å². The van der Waals surface area contributed by atoms with Crippen LogP contribution in [-0.2, 0) is 0 Å². The number of hydrogen-bond donors (Lipinski definition) is 0. The van der Waals surface area contributed by atoms with Crippen molar-refractivity contribution in [3.8, 4) is 6.07 Å². The zero-order valence-electron chi connectivity index (χ0n) is 10.2. The van der Waals surface area contributed by atoms with Gasteiger partial charge in [0.1, 0.15) is 11.6 Å². The van der Waals surface area contributed by atoms with Crippen molar-refractivity contribution in [1.82, 2.24) is 4.57 Å². The van der Waals surface area contributed by atoms with E-state index in [1.165, 1.54) is 0 Å². The summed E-state index contributed by atoms with van der Waals surface area (Å²) in [6.45, 7) is 1.63. The molecule has 0 atom stereocenters. The number of halogens is 2. The molecule has 1 heterocycles. The third-order valence-electron chi connectivity index (χ3n) is 3.44. The summed E-state index contributed by atoms with van der Waals surface area (Å²) in [6.07, 6.45) is 3.46. The first-order valence-electron chi connectivity index (χ1n) is 5.98. The van der Waals surface area contributed by atoms with Crippen LogP contribution in [0.5, 0.6) is 0 Å². The average molecular weight is 260 g/mol. The average Bonchev–Trinajstić information content (AvgIpc) is 3.20. The molecule has 1 aliphatic carbocycles. The Morgan fingerprint density at radius 2 is 2.11 bits per heavy atom. The Morgan fingerprint density at radius 1 is 1.42 bits per heavy atom. The summed E-state index contributed by atoms with van der Waals surface area (Å²) in [5, 5.41) is 9.13. The van der Waals surface area contributed by atoms with Crippen LogP contribution in [0.15, 0.2) is 17.1 Å². The molecule has 0 radical (unpaired) electrons. The van der Waals surface area contributed by atoms with Gasteiger partial charge in [-0.2, -0.15) is 5.26 Å². The van der Waals surface area contributed by atoms with Gasteiger partial charge in [-0.25, -0.2) is 8.78 Å². The van der Waals surface area contributed by atoms with Crippen LogP contribution >= 0.6 is 0 Å². The van der Waals surface area contributed by atoms with Crippen molar-refractivity contribution in [2.45, 2.75) is 25.8 Å². The summed E-state index contributed by atoms with van der Waals surface area (Å²) in [4.78, 5) is 12.0. The van der Waals surface area contributed by atoms with Crippen LogP contribution in [0.25, 0.3) is 10.9 Å². The topological polar surface area (TPSA) is 45.8 Å². The zero-order chi connectivity index (χ0) is 13.7. The molecule has 0 N–H and O–H groups in total. The lowest BCUT2D eigenvalue weighted by molar-refractivity contribution is 0.507. The van der Waals surface area contributed by atoms with Gasteiger partial charge in [0.15, 0.2) is 17.1 Å². The Bertz CT molecular complexity index is 798. The molecule has 1 aliphatic rings. The Balaban J connectivity index is 2.57. The molecule has 19 heavy (non-hydrogen) atoms. The lowest BCUT2D eigenvalue weighted by Crippen LogP contribution is -2.14. The Morgan fingerprint density at radius 3 is 2.68 bits per heavy atom. The van der Waals surface area contributed by atoms with Crippen molar-refractivity contribution in [3.05, 3.63) is 45.2 Å². The van der Waals surface area contributed by atoms with Crippen molar-refractivity contribution >= 4 is 10.9 Å². The molecule has 1 aromatic heterocycles. The molecule has 2 aromatic rings. The van der Waals surface area contributed by atoms with Crippen LogP contribution in [-0.4, -0.2) is 4.57 Å². The van der Waals surface area contributed by atoms with E-state index in [9.17, 15) is 13.6 Å². The number of aryl methyl sites for hydroxylation is 1. The summed E-state index contributed by atoms with van der Waals surface area (Å²) in [5.74, 6) is -2.35. The number of rotatable bonds is 1. The van der Waals surface area contributed by atoms with E-state index in [1.807, 2.05) is 0 Å². The van der Waals surface area contributed by atoms with E-state index in [4.69, 9.17) is 5.26 Å². The van der Waals surface area contributed by atoms with Gasteiger partial charge in [-0.1, -0.05) is 0 Å². The smallest absolute Gasteiger partial charge is 0.192 e. The highest BCUT2D eigenvalue weighted by Gasteiger charge is 2.28. The van der Waals surface area contributed by atoms with Gasteiger partial charge in [-0.15, -0.1) is 0 Å². The highest BCUT2D eigenvalue weighted by Crippen LogP contribution is 2.38. The lowest BCUT2D eigenvalue weighted by Gasteiger charge is -2.13. The maximum Gasteiger partial charge on any atom is 0.192 e. The van der Waals surface area contributed by atoms with E-state index in [0.29, 0.717) is 5.56 Å². The number of pyridine rings is 1. The molecule has 0 amide bonds. The molecular formula is C14H10F2N2O. The van der Waals surface area contributed by atoms with Crippen LogP contribution in [0, 0.1) is 29.9 Å². The molecule has 1 saturated carbocycles. The van der Waals surface area contributed by atoms with Gasteiger partial charge in [0, 0.05) is 17.8 Å². The minimum absolute atomic E-state index is 0.0716. The maximum atomic E-state index is 13.7. The van der Waals surface area contributed by atoms with Gasteiger partial charge in [-0.3, -0.25) is 4.79 Å². The Kier molecular flexibility index (Phi) is 2.42. The van der Waals surface area contributed by atoms with Gasteiger partial charge in [0.05, 0.1) is 10.9 Å². The number of hydrogen-bond acceptors (Lipinski definition) is 2. The van der Waals surface area contributed by atoms with Crippen molar-refractivity contribution in [3.63, 3.8) is 0 Å². The monoisotopic (exact) mass is 260 g/mol. The number of fused-ring (bicyclic) bond motifs is 1. The molecule has 0 saturated heterocycles.